The van der Waals surface area contributed by atoms with Crippen LogP contribution in [0, 0.1) is 0 Å². The van der Waals surface area contributed by atoms with Gasteiger partial charge in [-0.15, -0.1) is 0 Å². The number of phenolic OH excluding ortho intramolecular Hbond substituents is 2. The fraction of sp³-hybridized carbons (Fsp3) is 0.176. The fourth-order valence-corrected chi connectivity index (χ4v) is 3.03. The Labute approximate surface area is 121 Å². The van der Waals surface area contributed by atoms with Gasteiger partial charge in [0.1, 0.15) is 11.5 Å². The van der Waals surface area contributed by atoms with E-state index in [9.17, 15) is 19.8 Å². The molecule has 1 aliphatic rings. The normalized spacial score (nSPS) is 14.5. The molecule has 4 heteroatoms. The van der Waals surface area contributed by atoms with Crippen molar-refractivity contribution in [1.82, 2.24) is 0 Å². The fourth-order valence-electron chi connectivity index (χ4n) is 3.03. The number of aromatic hydroxyl groups is 2. The van der Waals surface area contributed by atoms with E-state index in [0.29, 0.717) is 22.1 Å². The van der Waals surface area contributed by atoms with Crippen molar-refractivity contribution in [2.75, 3.05) is 0 Å². The van der Waals surface area contributed by atoms with E-state index in [4.69, 9.17) is 0 Å². The Balaban J connectivity index is 2.49. The number of ketones is 2. The van der Waals surface area contributed by atoms with Crippen LogP contribution in [0.2, 0.25) is 0 Å². The third-order valence-corrected chi connectivity index (χ3v) is 3.87. The van der Waals surface area contributed by atoms with Gasteiger partial charge in [-0.05, 0) is 31.4 Å². The molecule has 0 saturated carbocycles. The van der Waals surface area contributed by atoms with E-state index in [-0.39, 0.29) is 40.4 Å². The van der Waals surface area contributed by atoms with E-state index >= 15 is 0 Å². The molecule has 3 rings (SSSR count). The second-order valence-electron chi connectivity index (χ2n) is 5.33. The van der Waals surface area contributed by atoms with E-state index < -0.39 is 0 Å². The van der Waals surface area contributed by atoms with Crippen LogP contribution in [0.25, 0.3) is 16.3 Å². The molecular formula is C17H14O4. The monoisotopic (exact) mass is 282 g/mol. The summed E-state index contributed by atoms with van der Waals surface area (Å²) in [4.78, 5) is 24.1. The van der Waals surface area contributed by atoms with Crippen LogP contribution in [-0.2, 0) is 4.79 Å². The molecule has 0 unspecified atom stereocenters. The van der Waals surface area contributed by atoms with Gasteiger partial charge in [0, 0.05) is 17.6 Å². The molecule has 0 radical (unpaired) electrons. The van der Waals surface area contributed by atoms with Gasteiger partial charge in [0.25, 0.3) is 0 Å². The summed E-state index contributed by atoms with van der Waals surface area (Å²) in [7, 11) is 0. The van der Waals surface area contributed by atoms with Crippen molar-refractivity contribution in [3.63, 3.8) is 0 Å². The first kappa shape index (κ1) is 13.4. The summed E-state index contributed by atoms with van der Waals surface area (Å²) in [6.45, 7) is 3.20. The van der Waals surface area contributed by atoms with Crippen molar-refractivity contribution in [3.05, 3.63) is 41.0 Å². The minimum absolute atomic E-state index is 0.0868. The van der Waals surface area contributed by atoms with Crippen LogP contribution < -0.4 is 0 Å². The standard InChI is InChI=1S/C17H14O4/c1-8-6-13(20)16-11(14(8)9(2)18)7-10-4-3-5-12(19)15(10)17(16)21/h3-5,7,19,21H,6H2,1-2H3. The molecule has 106 valence electrons. The Morgan fingerprint density at radius 3 is 2.62 bits per heavy atom. The maximum Gasteiger partial charge on any atom is 0.171 e. The number of hydrogen-bond acceptors (Lipinski definition) is 4. The van der Waals surface area contributed by atoms with Crippen LogP contribution in [0.15, 0.2) is 29.8 Å². The molecule has 1 aliphatic carbocycles. The Kier molecular flexibility index (Phi) is 2.83. The lowest BCUT2D eigenvalue weighted by Crippen LogP contribution is -2.15. The zero-order valence-electron chi connectivity index (χ0n) is 11.7. The second kappa shape index (κ2) is 4.45. The summed E-state index contributed by atoms with van der Waals surface area (Å²) in [5.74, 6) is -0.719. The van der Waals surface area contributed by atoms with Gasteiger partial charge in [0.15, 0.2) is 11.6 Å². The van der Waals surface area contributed by atoms with Crippen LogP contribution in [0.4, 0.5) is 0 Å². The molecule has 21 heavy (non-hydrogen) atoms. The summed E-state index contributed by atoms with van der Waals surface area (Å²) in [6.07, 6.45) is 0.106. The first-order chi connectivity index (χ1) is 9.91. The van der Waals surface area contributed by atoms with Gasteiger partial charge in [-0.2, -0.15) is 0 Å². The first-order valence-corrected chi connectivity index (χ1v) is 6.63. The lowest BCUT2D eigenvalue weighted by Gasteiger charge is -2.21. The topological polar surface area (TPSA) is 74.6 Å². The third kappa shape index (κ3) is 1.83. The Bertz CT molecular complexity index is 843. The summed E-state index contributed by atoms with van der Waals surface area (Å²) in [6, 6.07) is 6.51. The van der Waals surface area contributed by atoms with Crippen molar-refractivity contribution >= 4 is 27.9 Å². The second-order valence-corrected chi connectivity index (χ2v) is 5.33. The predicted octanol–water partition coefficient (Wildman–Crippen LogP) is 3.20. The maximum absolute atomic E-state index is 12.3. The van der Waals surface area contributed by atoms with Gasteiger partial charge >= 0.3 is 0 Å². The molecule has 0 heterocycles. The summed E-state index contributed by atoms with van der Waals surface area (Å²) in [5.41, 5.74) is 1.76. The number of allylic oxidation sites excluding steroid dienone is 2. The number of carbonyl (C=O) groups excluding carboxylic acids is 2. The summed E-state index contributed by atoms with van der Waals surface area (Å²) in [5, 5.41) is 21.2. The van der Waals surface area contributed by atoms with Gasteiger partial charge in [0.2, 0.25) is 0 Å². The van der Waals surface area contributed by atoms with Crippen LogP contribution >= 0.6 is 0 Å². The Hall–Kier alpha value is -2.62. The van der Waals surface area contributed by atoms with Crippen molar-refractivity contribution in [2.24, 2.45) is 0 Å². The minimum atomic E-state index is -0.253. The first-order valence-electron chi connectivity index (χ1n) is 6.63. The highest BCUT2D eigenvalue weighted by atomic mass is 16.3. The van der Waals surface area contributed by atoms with E-state index in [2.05, 4.69) is 0 Å². The van der Waals surface area contributed by atoms with Gasteiger partial charge in [0.05, 0.1) is 10.9 Å². The highest BCUT2D eigenvalue weighted by Crippen LogP contribution is 2.43. The lowest BCUT2D eigenvalue weighted by molar-refractivity contribution is -0.111. The number of benzene rings is 2. The van der Waals surface area contributed by atoms with Crippen LogP contribution in [0.3, 0.4) is 0 Å². The molecule has 0 atom stereocenters. The molecule has 0 fully saturated rings. The Morgan fingerprint density at radius 1 is 1.24 bits per heavy atom. The molecular weight excluding hydrogens is 268 g/mol. The number of phenols is 2. The van der Waals surface area contributed by atoms with Crippen molar-refractivity contribution in [3.8, 4) is 11.5 Å². The third-order valence-electron chi connectivity index (χ3n) is 3.87. The van der Waals surface area contributed by atoms with Crippen LogP contribution in [-0.4, -0.2) is 21.8 Å². The maximum atomic E-state index is 12.3. The van der Waals surface area contributed by atoms with Gasteiger partial charge < -0.3 is 10.2 Å². The van der Waals surface area contributed by atoms with E-state index in [1.165, 1.54) is 13.0 Å². The SMILES string of the molecule is CC(=O)C1=C(C)CC(=O)c2c1cc1cccc(O)c1c2O. The molecule has 0 amide bonds. The van der Waals surface area contributed by atoms with Crippen molar-refractivity contribution in [1.29, 1.82) is 0 Å². The number of rotatable bonds is 1. The quantitative estimate of drug-likeness (QED) is 0.842. The molecule has 0 saturated heterocycles. The number of hydrogen-bond donors (Lipinski definition) is 2. The predicted molar refractivity (Wildman–Crippen MR) is 79.5 cm³/mol. The molecule has 4 nitrogen and oxygen atoms in total. The minimum Gasteiger partial charge on any atom is -0.507 e. The zero-order chi connectivity index (χ0) is 15.3. The van der Waals surface area contributed by atoms with Gasteiger partial charge in [-0.25, -0.2) is 0 Å². The Morgan fingerprint density at radius 2 is 1.95 bits per heavy atom. The molecule has 2 N–H and O–H groups in total. The summed E-state index contributed by atoms with van der Waals surface area (Å²) < 4.78 is 0. The van der Waals surface area contributed by atoms with Gasteiger partial charge in [-0.1, -0.05) is 17.7 Å². The van der Waals surface area contributed by atoms with E-state index in [1.807, 2.05) is 0 Å². The highest BCUT2D eigenvalue weighted by molar-refractivity contribution is 6.27. The lowest BCUT2D eigenvalue weighted by atomic mass is 9.81. The largest absolute Gasteiger partial charge is 0.507 e. The summed E-state index contributed by atoms with van der Waals surface area (Å²) >= 11 is 0. The molecule has 0 aliphatic heterocycles. The average Bonchev–Trinajstić information content (AvgIpc) is 2.37. The van der Waals surface area contributed by atoms with E-state index in [0.717, 1.165) is 0 Å². The van der Waals surface area contributed by atoms with Gasteiger partial charge in [-0.3, -0.25) is 9.59 Å². The van der Waals surface area contributed by atoms with E-state index in [1.54, 1.807) is 25.1 Å². The molecule has 0 bridgehead atoms. The highest BCUT2D eigenvalue weighted by Gasteiger charge is 2.29. The number of Topliss-reactive ketones (excluding diaryl/α,β-unsaturated/α-hetero) is 2. The van der Waals surface area contributed by atoms with Crippen LogP contribution in [0.5, 0.6) is 11.5 Å². The smallest absolute Gasteiger partial charge is 0.171 e. The molecule has 2 aromatic carbocycles. The zero-order valence-corrected chi connectivity index (χ0v) is 11.7. The van der Waals surface area contributed by atoms with Crippen LogP contribution in [0.1, 0.15) is 36.2 Å². The van der Waals surface area contributed by atoms with Crippen molar-refractivity contribution in [2.45, 2.75) is 20.3 Å². The molecule has 0 spiro atoms. The van der Waals surface area contributed by atoms with Crippen molar-refractivity contribution < 1.29 is 19.8 Å². The molecule has 2 aromatic rings. The number of carbonyl (C=O) groups is 2. The molecule has 0 aromatic heterocycles. The number of fused-ring (bicyclic) bond motifs is 2. The average molecular weight is 282 g/mol.